The van der Waals surface area contributed by atoms with Gasteiger partial charge < -0.3 is 10.6 Å². The Labute approximate surface area is 124 Å². The number of benzene rings is 2. The maximum absolute atomic E-state index is 13.6. The van der Waals surface area contributed by atoms with Crippen LogP contribution in [0.15, 0.2) is 48.5 Å². The van der Waals surface area contributed by atoms with E-state index in [1.165, 1.54) is 11.6 Å². The van der Waals surface area contributed by atoms with Crippen LogP contribution in [0.25, 0.3) is 0 Å². The lowest BCUT2D eigenvalue weighted by atomic mass is 10.1. The standard InChI is InChI=1S/C16H17FN2S/c1-12-7-8-14(17)15(11-12)19-16(20)18-10-9-13-5-3-2-4-6-13/h2-8,11H,9-10H2,1H3,(H2,18,19,20). The smallest absolute Gasteiger partial charge is 0.170 e. The first kappa shape index (κ1) is 14.5. The van der Waals surface area contributed by atoms with E-state index >= 15 is 0 Å². The maximum atomic E-state index is 13.6. The molecule has 2 rings (SSSR count). The van der Waals surface area contributed by atoms with E-state index in [-0.39, 0.29) is 5.82 Å². The van der Waals surface area contributed by atoms with Gasteiger partial charge in [0.15, 0.2) is 5.11 Å². The van der Waals surface area contributed by atoms with Crippen molar-refractivity contribution in [3.8, 4) is 0 Å². The Bertz CT molecular complexity index is 584. The van der Waals surface area contributed by atoms with Crippen LogP contribution in [0.1, 0.15) is 11.1 Å². The van der Waals surface area contributed by atoms with E-state index in [0.717, 1.165) is 12.0 Å². The molecule has 0 saturated heterocycles. The van der Waals surface area contributed by atoms with Crippen LogP contribution in [0.3, 0.4) is 0 Å². The second-order valence-corrected chi connectivity index (χ2v) is 5.01. The number of hydrogen-bond acceptors (Lipinski definition) is 1. The minimum atomic E-state index is -0.303. The fraction of sp³-hybridized carbons (Fsp3) is 0.188. The Hall–Kier alpha value is -1.94. The summed E-state index contributed by atoms with van der Waals surface area (Å²) in [5, 5.41) is 6.40. The molecule has 2 nitrogen and oxygen atoms in total. The molecule has 2 aromatic carbocycles. The van der Waals surface area contributed by atoms with Crippen LogP contribution in [0.5, 0.6) is 0 Å². The van der Waals surface area contributed by atoms with Gasteiger partial charge in [0, 0.05) is 6.54 Å². The first-order valence-electron chi connectivity index (χ1n) is 6.50. The number of anilines is 1. The summed E-state index contributed by atoms with van der Waals surface area (Å²) < 4.78 is 13.6. The molecule has 0 amide bonds. The van der Waals surface area contributed by atoms with E-state index in [1.807, 2.05) is 25.1 Å². The van der Waals surface area contributed by atoms with Crippen molar-refractivity contribution >= 4 is 23.0 Å². The largest absolute Gasteiger partial charge is 0.362 e. The zero-order chi connectivity index (χ0) is 14.4. The summed E-state index contributed by atoms with van der Waals surface area (Å²) in [7, 11) is 0. The van der Waals surface area contributed by atoms with Gasteiger partial charge in [-0.2, -0.15) is 0 Å². The van der Waals surface area contributed by atoms with Gasteiger partial charge in [0.2, 0.25) is 0 Å². The molecule has 0 heterocycles. The number of nitrogens with one attached hydrogen (secondary N) is 2. The van der Waals surface area contributed by atoms with Crippen LogP contribution in [-0.4, -0.2) is 11.7 Å². The molecule has 2 aromatic rings. The Morgan fingerprint density at radius 3 is 2.65 bits per heavy atom. The summed E-state index contributed by atoms with van der Waals surface area (Å²) in [6, 6.07) is 15.0. The van der Waals surface area contributed by atoms with Crippen molar-refractivity contribution in [1.29, 1.82) is 0 Å². The Balaban J connectivity index is 1.82. The van der Waals surface area contributed by atoms with Crippen molar-refractivity contribution in [3.05, 3.63) is 65.5 Å². The molecule has 0 saturated carbocycles. The summed E-state index contributed by atoms with van der Waals surface area (Å²) in [5.74, 6) is -0.303. The molecule has 0 unspecified atom stereocenters. The molecule has 104 valence electrons. The zero-order valence-corrected chi connectivity index (χ0v) is 12.1. The van der Waals surface area contributed by atoms with Gasteiger partial charge in [-0.1, -0.05) is 36.4 Å². The predicted molar refractivity (Wildman–Crippen MR) is 85.5 cm³/mol. The van der Waals surface area contributed by atoms with E-state index in [4.69, 9.17) is 12.2 Å². The Morgan fingerprint density at radius 1 is 1.15 bits per heavy atom. The lowest BCUT2D eigenvalue weighted by Crippen LogP contribution is -2.30. The highest BCUT2D eigenvalue weighted by atomic mass is 32.1. The van der Waals surface area contributed by atoms with Crippen molar-refractivity contribution in [2.75, 3.05) is 11.9 Å². The lowest BCUT2D eigenvalue weighted by molar-refractivity contribution is 0.631. The van der Waals surface area contributed by atoms with Crippen molar-refractivity contribution in [1.82, 2.24) is 5.32 Å². The molecule has 0 aromatic heterocycles. The quantitative estimate of drug-likeness (QED) is 0.840. The van der Waals surface area contributed by atoms with Gasteiger partial charge in [-0.3, -0.25) is 0 Å². The lowest BCUT2D eigenvalue weighted by Gasteiger charge is -2.11. The number of aryl methyl sites for hydroxylation is 1. The van der Waals surface area contributed by atoms with E-state index in [9.17, 15) is 4.39 Å². The van der Waals surface area contributed by atoms with Crippen LogP contribution in [0.4, 0.5) is 10.1 Å². The average Bonchev–Trinajstić information content (AvgIpc) is 2.44. The molecule has 0 aliphatic rings. The van der Waals surface area contributed by atoms with Crippen LogP contribution >= 0.6 is 12.2 Å². The van der Waals surface area contributed by atoms with E-state index < -0.39 is 0 Å². The van der Waals surface area contributed by atoms with Crippen molar-refractivity contribution < 1.29 is 4.39 Å². The molecule has 20 heavy (non-hydrogen) atoms. The highest BCUT2D eigenvalue weighted by molar-refractivity contribution is 7.80. The number of halogens is 1. The summed E-state index contributed by atoms with van der Waals surface area (Å²) in [6.45, 7) is 2.62. The SMILES string of the molecule is Cc1ccc(F)c(NC(=S)NCCc2ccccc2)c1. The normalized spacial score (nSPS) is 10.1. The van der Waals surface area contributed by atoms with Crippen LogP contribution in [-0.2, 0) is 6.42 Å². The fourth-order valence-electron chi connectivity index (χ4n) is 1.87. The molecule has 0 atom stereocenters. The van der Waals surface area contributed by atoms with Crippen LogP contribution in [0, 0.1) is 12.7 Å². The predicted octanol–water partition coefficient (Wildman–Crippen LogP) is 3.66. The molecule has 0 fully saturated rings. The number of hydrogen-bond donors (Lipinski definition) is 2. The monoisotopic (exact) mass is 288 g/mol. The first-order chi connectivity index (χ1) is 9.65. The van der Waals surface area contributed by atoms with Gasteiger partial charge in [-0.05, 0) is 48.8 Å². The van der Waals surface area contributed by atoms with Gasteiger partial charge in [-0.15, -0.1) is 0 Å². The fourth-order valence-corrected chi connectivity index (χ4v) is 2.08. The average molecular weight is 288 g/mol. The third-order valence-electron chi connectivity index (χ3n) is 2.91. The second kappa shape index (κ2) is 7.01. The third kappa shape index (κ3) is 4.31. The minimum absolute atomic E-state index is 0.303. The maximum Gasteiger partial charge on any atom is 0.170 e. The van der Waals surface area contributed by atoms with Gasteiger partial charge in [-0.25, -0.2) is 4.39 Å². The molecule has 4 heteroatoms. The third-order valence-corrected chi connectivity index (χ3v) is 3.16. The molecule has 0 aliphatic heterocycles. The van der Waals surface area contributed by atoms with Crippen LogP contribution < -0.4 is 10.6 Å². The van der Waals surface area contributed by atoms with Crippen molar-refractivity contribution in [2.24, 2.45) is 0 Å². The van der Waals surface area contributed by atoms with Gasteiger partial charge in [0.1, 0.15) is 5.82 Å². The van der Waals surface area contributed by atoms with Gasteiger partial charge in [0.25, 0.3) is 0 Å². The minimum Gasteiger partial charge on any atom is -0.362 e. The molecule has 0 aliphatic carbocycles. The van der Waals surface area contributed by atoms with Crippen LogP contribution in [0.2, 0.25) is 0 Å². The molecule has 0 radical (unpaired) electrons. The van der Waals surface area contributed by atoms with E-state index in [1.54, 1.807) is 12.1 Å². The molecule has 0 spiro atoms. The summed E-state index contributed by atoms with van der Waals surface area (Å²) >= 11 is 5.17. The highest BCUT2D eigenvalue weighted by Crippen LogP contribution is 2.15. The van der Waals surface area contributed by atoms with Gasteiger partial charge in [0.05, 0.1) is 5.69 Å². The number of rotatable bonds is 4. The highest BCUT2D eigenvalue weighted by Gasteiger charge is 2.04. The molecular weight excluding hydrogens is 271 g/mol. The van der Waals surface area contributed by atoms with Gasteiger partial charge >= 0.3 is 0 Å². The van der Waals surface area contributed by atoms with E-state index in [2.05, 4.69) is 22.8 Å². The van der Waals surface area contributed by atoms with Crippen molar-refractivity contribution in [3.63, 3.8) is 0 Å². The topological polar surface area (TPSA) is 24.1 Å². The molecular formula is C16H17FN2S. The molecule has 0 bridgehead atoms. The zero-order valence-electron chi connectivity index (χ0n) is 11.3. The summed E-state index contributed by atoms with van der Waals surface area (Å²) in [5.41, 5.74) is 2.63. The first-order valence-corrected chi connectivity index (χ1v) is 6.91. The Morgan fingerprint density at radius 2 is 1.90 bits per heavy atom. The van der Waals surface area contributed by atoms with E-state index in [0.29, 0.717) is 17.3 Å². The molecule has 2 N–H and O–H groups in total. The van der Waals surface area contributed by atoms with Crippen molar-refractivity contribution in [2.45, 2.75) is 13.3 Å². The second-order valence-electron chi connectivity index (χ2n) is 4.60. The number of thiocarbonyl (C=S) groups is 1. The Kier molecular flexibility index (Phi) is 5.07. The summed E-state index contributed by atoms with van der Waals surface area (Å²) in [6.07, 6.45) is 0.874. The summed E-state index contributed by atoms with van der Waals surface area (Å²) in [4.78, 5) is 0.